The van der Waals surface area contributed by atoms with Crippen molar-refractivity contribution >= 4 is 11.7 Å². The van der Waals surface area contributed by atoms with E-state index in [1.807, 2.05) is 24.3 Å². The summed E-state index contributed by atoms with van der Waals surface area (Å²) in [7, 11) is 0. The Morgan fingerprint density at radius 2 is 2.06 bits per heavy atom. The molecule has 0 amide bonds. The fourth-order valence-electron chi connectivity index (χ4n) is 3.67. The number of aromatic nitrogens is 2. The Morgan fingerprint density at radius 3 is 2.74 bits per heavy atom. The summed E-state index contributed by atoms with van der Waals surface area (Å²) in [4.78, 5) is 31.8. The van der Waals surface area contributed by atoms with Crippen LogP contribution in [0, 0.1) is 11.3 Å². The van der Waals surface area contributed by atoms with E-state index in [9.17, 15) is 9.59 Å². The van der Waals surface area contributed by atoms with E-state index in [0.717, 1.165) is 43.6 Å². The van der Waals surface area contributed by atoms with E-state index in [4.69, 9.17) is 11.1 Å². The topological polar surface area (TPSA) is 149 Å². The summed E-state index contributed by atoms with van der Waals surface area (Å²) in [5, 5.41) is 16.5. The zero-order chi connectivity index (χ0) is 22.1. The van der Waals surface area contributed by atoms with Crippen LogP contribution in [0.4, 0.5) is 0 Å². The molecule has 1 aliphatic rings. The number of H-pyrrole nitrogens is 1. The molecule has 1 aromatic carbocycles. The maximum absolute atomic E-state index is 12.5. The smallest absolute Gasteiger partial charge is 0.280 e. The van der Waals surface area contributed by atoms with Crippen molar-refractivity contribution in [3.63, 3.8) is 0 Å². The number of ketones is 1. The zero-order valence-electron chi connectivity index (χ0n) is 17.7. The van der Waals surface area contributed by atoms with Crippen molar-refractivity contribution < 1.29 is 4.79 Å². The first-order valence-electron chi connectivity index (χ1n) is 10.7. The molecule has 1 fully saturated rings. The zero-order valence-corrected chi connectivity index (χ0v) is 17.7. The highest BCUT2D eigenvalue weighted by molar-refractivity contribution is 5.80. The fourth-order valence-corrected chi connectivity index (χ4v) is 3.67. The predicted octanol–water partition coefficient (Wildman–Crippen LogP) is 0.511. The van der Waals surface area contributed by atoms with Crippen LogP contribution < -0.4 is 27.2 Å². The lowest BCUT2D eigenvalue weighted by atomic mass is 10.00. The van der Waals surface area contributed by atoms with Gasteiger partial charge in [0.25, 0.3) is 5.56 Å². The van der Waals surface area contributed by atoms with E-state index >= 15 is 0 Å². The Morgan fingerprint density at radius 1 is 1.26 bits per heavy atom. The number of hydrogen-bond acceptors (Lipinski definition) is 6. The molecule has 1 atom stereocenters. The maximum Gasteiger partial charge on any atom is 0.280 e. The second kappa shape index (κ2) is 11.4. The van der Waals surface area contributed by atoms with Crippen LogP contribution >= 0.6 is 0 Å². The maximum atomic E-state index is 12.5. The third-order valence-corrected chi connectivity index (χ3v) is 5.33. The molecule has 31 heavy (non-hydrogen) atoms. The molecule has 1 saturated heterocycles. The van der Waals surface area contributed by atoms with Gasteiger partial charge in [0.2, 0.25) is 0 Å². The molecular weight excluding hydrogens is 394 g/mol. The number of hydrogen-bond donors (Lipinski definition) is 6. The van der Waals surface area contributed by atoms with Gasteiger partial charge in [-0.2, -0.15) is 4.98 Å². The number of guanidine groups is 1. The van der Waals surface area contributed by atoms with Gasteiger partial charge in [-0.15, -0.1) is 0 Å². The number of Topliss-reactive ketones (excluding diaryl/α,β-unsaturated/α-hetero) is 1. The van der Waals surface area contributed by atoms with E-state index in [2.05, 4.69) is 25.9 Å². The largest absolute Gasteiger partial charge is 0.370 e. The first-order valence-corrected chi connectivity index (χ1v) is 10.7. The third-order valence-electron chi connectivity index (χ3n) is 5.33. The Balaban J connectivity index is 1.49. The molecular formula is C22H31N7O2. The van der Waals surface area contributed by atoms with Gasteiger partial charge in [-0.1, -0.05) is 24.3 Å². The summed E-state index contributed by atoms with van der Waals surface area (Å²) in [6, 6.07) is 7.75. The Hall–Kier alpha value is -3.04. The van der Waals surface area contributed by atoms with Crippen LogP contribution in [0.3, 0.4) is 0 Å². The monoisotopic (exact) mass is 425 g/mol. The minimum Gasteiger partial charge on any atom is -0.370 e. The average molecular weight is 426 g/mol. The predicted molar refractivity (Wildman–Crippen MR) is 121 cm³/mol. The molecule has 166 valence electrons. The van der Waals surface area contributed by atoms with Crippen LogP contribution in [0.15, 0.2) is 35.3 Å². The minimum atomic E-state index is -0.326. The van der Waals surface area contributed by atoms with Crippen molar-refractivity contribution in [1.29, 1.82) is 5.41 Å². The molecule has 2 heterocycles. The fraction of sp³-hybridized carbons (Fsp3) is 0.455. The third kappa shape index (κ3) is 7.30. The van der Waals surface area contributed by atoms with Crippen molar-refractivity contribution in [3.05, 3.63) is 52.2 Å². The number of nitrogens with one attached hydrogen (secondary N) is 5. The SMILES string of the molecule is N=C(N)NCCCNCc1ccc(-c2c[nH]c(CC(=O)C[C@@H]3CCNC3)nc2=O)cc1. The van der Waals surface area contributed by atoms with Crippen molar-refractivity contribution in [1.82, 2.24) is 25.9 Å². The van der Waals surface area contributed by atoms with Gasteiger partial charge in [0.05, 0.1) is 12.0 Å². The molecule has 0 unspecified atom stereocenters. The quantitative estimate of drug-likeness (QED) is 0.174. The lowest BCUT2D eigenvalue weighted by molar-refractivity contribution is -0.119. The van der Waals surface area contributed by atoms with E-state index in [-0.39, 0.29) is 23.7 Å². The molecule has 0 aliphatic carbocycles. The summed E-state index contributed by atoms with van der Waals surface area (Å²) in [6.45, 7) is 4.04. The molecule has 0 spiro atoms. The highest BCUT2D eigenvalue weighted by Crippen LogP contribution is 2.16. The van der Waals surface area contributed by atoms with Crippen molar-refractivity contribution in [2.24, 2.45) is 11.7 Å². The standard InChI is InChI=1S/C22H31N7O2/c23-22(24)27-8-1-7-25-12-15-2-4-17(5-3-15)19-14-28-20(29-21(19)31)11-18(30)10-16-6-9-26-13-16/h2-5,14,16,25-26H,1,6-13H2,(H4,23,24,27)(H,28,29,31)/t16-/m0/s1. The first kappa shape index (κ1) is 22.6. The Bertz CT molecular complexity index is 934. The molecule has 1 aromatic heterocycles. The van der Waals surface area contributed by atoms with Gasteiger partial charge in [-0.05, 0) is 49.5 Å². The second-order valence-corrected chi connectivity index (χ2v) is 7.91. The Labute approximate surface area is 181 Å². The summed E-state index contributed by atoms with van der Waals surface area (Å²) >= 11 is 0. The molecule has 0 radical (unpaired) electrons. The highest BCUT2D eigenvalue weighted by atomic mass is 16.1. The highest BCUT2D eigenvalue weighted by Gasteiger charge is 2.19. The lowest BCUT2D eigenvalue weighted by Crippen LogP contribution is -2.32. The van der Waals surface area contributed by atoms with Crippen molar-refractivity contribution in [2.75, 3.05) is 26.2 Å². The number of rotatable bonds is 11. The molecule has 3 rings (SSSR count). The van der Waals surface area contributed by atoms with Gasteiger partial charge in [0.1, 0.15) is 11.6 Å². The van der Waals surface area contributed by atoms with Crippen LogP contribution in [-0.4, -0.2) is 47.9 Å². The van der Waals surface area contributed by atoms with E-state index in [1.165, 1.54) is 0 Å². The molecule has 2 aromatic rings. The van der Waals surface area contributed by atoms with Crippen molar-refractivity contribution in [2.45, 2.75) is 32.2 Å². The van der Waals surface area contributed by atoms with Gasteiger partial charge in [0.15, 0.2) is 5.96 Å². The van der Waals surface area contributed by atoms with Crippen LogP contribution in [-0.2, 0) is 17.8 Å². The van der Waals surface area contributed by atoms with E-state index in [0.29, 0.717) is 36.8 Å². The normalized spacial score (nSPS) is 15.7. The van der Waals surface area contributed by atoms with Crippen LogP contribution in [0.25, 0.3) is 11.1 Å². The van der Waals surface area contributed by atoms with E-state index < -0.39 is 0 Å². The number of aromatic amines is 1. The molecule has 9 heteroatoms. The summed E-state index contributed by atoms with van der Waals surface area (Å²) in [6.07, 6.45) is 4.23. The summed E-state index contributed by atoms with van der Waals surface area (Å²) in [5.74, 6) is 0.911. The summed E-state index contributed by atoms with van der Waals surface area (Å²) in [5.41, 5.74) is 7.30. The molecule has 1 aliphatic heterocycles. The average Bonchev–Trinajstić information content (AvgIpc) is 3.24. The summed E-state index contributed by atoms with van der Waals surface area (Å²) < 4.78 is 0. The molecule has 0 bridgehead atoms. The number of benzene rings is 1. The van der Waals surface area contributed by atoms with Gasteiger partial charge in [-0.25, -0.2) is 0 Å². The van der Waals surface area contributed by atoms with Gasteiger partial charge < -0.3 is 26.7 Å². The molecule has 9 nitrogen and oxygen atoms in total. The van der Waals surface area contributed by atoms with E-state index in [1.54, 1.807) is 6.20 Å². The van der Waals surface area contributed by atoms with Gasteiger partial charge in [-0.3, -0.25) is 15.0 Å². The van der Waals surface area contributed by atoms with Crippen LogP contribution in [0.2, 0.25) is 0 Å². The number of nitrogens with two attached hydrogens (primary N) is 1. The van der Waals surface area contributed by atoms with Crippen LogP contribution in [0.5, 0.6) is 0 Å². The van der Waals surface area contributed by atoms with Gasteiger partial charge in [0, 0.05) is 25.7 Å². The number of nitrogens with zero attached hydrogens (tertiary/aromatic N) is 1. The first-order chi connectivity index (χ1) is 15.0. The van der Waals surface area contributed by atoms with Crippen LogP contribution in [0.1, 0.15) is 30.7 Å². The number of carbonyl (C=O) groups is 1. The molecule has 7 N–H and O–H groups in total. The van der Waals surface area contributed by atoms with Gasteiger partial charge >= 0.3 is 0 Å². The Kier molecular flexibility index (Phi) is 8.31. The lowest BCUT2D eigenvalue weighted by Gasteiger charge is -2.08. The second-order valence-electron chi connectivity index (χ2n) is 7.91. The van der Waals surface area contributed by atoms with Crippen molar-refractivity contribution in [3.8, 4) is 11.1 Å². The minimum absolute atomic E-state index is 0.0127. The number of carbonyl (C=O) groups excluding carboxylic acids is 1. The molecule has 0 saturated carbocycles.